The first-order valence-corrected chi connectivity index (χ1v) is 13.6. The predicted molar refractivity (Wildman–Crippen MR) is 159 cm³/mol. The van der Waals surface area contributed by atoms with E-state index in [0.29, 0.717) is 23.3 Å². The van der Waals surface area contributed by atoms with Crippen LogP contribution in [0, 0.1) is 0 Å². The van der Waals surface area contributed by atoms with Crippen LogP contribution in [-0.4, -0.2) is 37.5 Å². The number of nitrogens with zero attached hydrogens (tertiary/aromatic N) is 2. The van der Waals surface area contributed by atoms with Gasteiger partial charge in [-0.25, -0.2) is 10.9 Å². The van der Waals surface area contributed by atoms with Crippen LogP contribution < -0.4 is 20.3 Å². The van der Waals surface area contributed by atoms with E-state index in [4.69, 9.17) is 9.47 Å². The maximum Gasteiger partial charge on any atom is 0.277 e. The van der Waals surface area contributed by atoms with E-state index in [-0.39, 0.29) is 25.0 Å². The molecular formula is C32H38N4O4. The second kappa shape index (κ2) is 15.8. The van der Waals surface area contributed by atoms with Gasteiger partial charge in [-0.15, -0.1) is 0 Å². The molecule has 8 heteroatoms. The zero-order valence-electron chi connectivity index (χ0n) is 23.6. The van der Waals surface area contributed by atoms with Crippen molar-refractivity contribution in [1.82, 2.24) is 10.9 Å². The Morgan fingerprint density at radius 2 is 1.05 bits per heavy atom. The largest absolute Gasteiger partial charge is 0.483 e. The van der Waals surface area contributed by atoms with E-state index >= 15 is 0 Å². The van der Waals surface area contributed by atoms with Crippen LogP contribution in [0.15, 0.2) is 83.0 Å². The van der Waals surface area contributed by atoms with Gasteiger partial charge in [-0.2, -0.15) is 10.2 Å². The van der Waals surface area contributed by atoms with Crippen molar-refractivity contribution in [3.8, 4) is 11.5 Å². The highest BCUT2D eigenvalue weighted by Gasteiger charge is 2.12. The van der Waals surface area contributed by atoms with Crippen molar-refractivity contribution in [2.75, 3.05) is 13.2 Å². The number of nitrogens with one attached hydrogen (secondary N) is 2. The lowest BCUT2D eigenvalue weighted by Crippen LogP contribution is -2.25. The van der Waals surface area contributed by atoms with Gasteiger partial charge in [0.25, 0.3) is 11.8 Å². The molecule has 0 fully saturated rings. The standard InChI is InChI=1S/C32H38N4O4/c1-5-23(3)27-11-7-9-13-29(27)39-21-31(37)35-33-19-25-15-17-26(18-16-25)20-34-36-32(38)22-40-30-14-10-8-12-28(30)24(4)6-2/h7-20,23-24H,5-6,21-22H2,1-4H3,(H,35,37)(H,36,38). The molecule has 40 heavy (non-hydrogen) atoms. The zero-order valence-corrected chi connectivity index (χ0v) is 23.6. The Labute approximate surface area is 236 Å². The minimum absolute atomic E-state index is 0.124. The molecule has 2 N–H and O–H groups in total. The van der Waals surface area contributed by atoms with E-state index in [0.717, 1.165) is 35.1 Å². The predicted octanol–water partition coefficient (Wildman–Crippen LogP) is 5.77. The Kier molecular flexibility index (Phi) is 11.9. The van der Waals surface area contributed by atoms with Crippen LogP contribution in [0.25, 0.3) is 0 Å². The van der Waals surface area contributed by atoms with E-state index in [2.05, 4.69) is 48.7 Å². The third kappa shape index (κ3) is 9.38. The van der Waals surface area contributed by atoms with Gasteiger partial charge in [0, 0.05) is 0 Å². The highest BCUT2D eigenvalue weighted by molar-refractivity contribution is 5.86. The molecular weight excluding hydrogens is 504 g/mol. The molecule has 0 bridgehead atoms. The number of carbonyl (C=O) groups is 2. The molecule has 2 amide bonds. The first-order valence-electron chi connectivity index (χ1n) is 13.6. The van der Waals surface area contributed by atoms with Crippen LogP contribution in [0.3, 0.4) is 0 Å². The van der Waals surface area contributed by atoms with Crippen LogP contribution in [0.4, 0.5) is 0 Å². The van der Waals surface area contributed by atoms with Crippen molar-refractivity contribution in [3.63, 3.8) is 0 Å². The Morgan fingerprint density at radius 3 is 1.43 bits per heavy atom. The summed E-state index contributed by atoms with van der Waals surface area (Å²) in [4.78, 5) is 24.3. The number of amides is 2. The SMILES string of the molecule is CCC(C)c1ccccc1OCC(=O)NN=Cc1ccc(C=NNC(=O)COc2ccccc2C(C)CC)cc1. The monoisotopic (exact) mass is 542 g/mol. The molecule has 3 aromatic rings. The minimum atomic E-state index is -0.345. The fourth-order valence-corrected chi connectivity index (χ4v) is 3.85. The second-order valence-corrected chi connectivity index (χ2v) is 9.52. The van der Waals surface area contributed by atoms with E-state index in [1.165, 1.54) is 0 Å². The Balaban J connectivity index is 1.41. The lowest BCUT2D eigenvalue weighted by molar-refractivity contribution is -0.123. The molecule has 0 saturated carbocycles. The summed E-state index contributed by atoms with van der Waals surface area (Å²) in [6.45, 7) is 8.25. The summed E-state index contributed by atoms with van der Waals surface area (Å²) in [5.74, 6) is 1.42. The number of benzene rings is 3. The Bertz CT molecular complexity index is 1200. The van der Waals surface area contributed by atoms with Crippen molar-refractivity contribution < 1.29 is 19.1 Å². The van der Waals surface area contributed by atoms with Crippen LogP contribution >= 0.6 is 0 Å². The molecule has 0 aromatic heterocycles. The third-order valence-corrected chi connectivity index (χ3v) is 6.58. The normalized spacial score (nSPS) is 12.7. The Morgan fingerprint density at radius 1 is 0.675 bits per heavy atom. The highest BCUT2D eigenvalue weighted by atomic mass is 16.5. The Hall–Kier alpha value is -4.46. The summed E-state index contributed by atoms with van der Waals surface area (Å²) < 4.78 is 11.4. The average Bonchev–Trinajstić information content (AvgIpc) is 2.99. The maximum absolute atomic E-state index is 12.2. The van der Waals surface area contributed by atoms with Crippen molar-refractivity contribution in [2.24, 2.45) is 10.2 Å². The molecule has 2 unspecified atom stereocenters. The minimum Gasteiger partial charge on any atom is -0.483 e. The number of carbonyl (C=O) groups excluding carboxylic acids is 2. The number of hydrogen-bond donors (Lipinski definition) is 2. The number of ether oxygens (including phenoxy) is 2. The van der Waals surface area contributed by atoms with Crippen LogP contribution in [0.1, 0.15) is 74.6 Å². The van der Waals surface area contributed by atoms with Crippen molar-refractivity contribution >= 4 is 24.2 Å². The molecule has 0 saturated heterocycles. The summed E-state index contributed by atoms with van der Waals surface area (Å²) >= 11 is 0. The first kappa shape index (κ1) is 30.1. The molecule has 8 nitrogen and oxygen atoms in total. The van der Waals surface area contributed by atoms with Gasteiger partial charge in [0.2, 0.25) is 0 Å². The van der Waals surface area contributed by atoms with Gasteiger partial charge in [-0.3, -0.25) is 9.59 Å². The molecule has 0 aliphatic rings. The molecule has 3 aromatic carbocycles. The fraction of sp³-hybridized carbons (Fsp3) is 0.312. The van der Waals surface area contributed by atoms with Gasteiger partial charge in [0.15, 0.2) is 13.2 Å². The smallest absolute Gasteiger partial charge is 0.277 e. The number of hydrogen-bond acceptors (Lipinski definition) is 6. The molecule has 0 aliphatic heterocycles. The molecule has 2 atom stereocenters. The summed E-state index contributed by atoms with van der Waals surface area (Å²) in [6.07, 6.45) is 5.06. The average molecular weight is 543 g/mol. The van der Waals surface area contributed by atoms with E-state index in [9.17, 15) is 9.59 Å². The molecule has 3 rings (SSSR count). The van der Waals surface area contributed by atoms with Gasteiger partial charge in [0.1, 0.15) is 11.5 Å². The zero-order chi connectivity index (χ0) is 28.7. The van der Waals surface area contributed by atoms with Gasteiger partial charge in [0.05, 0.1) is 12.4 Å². The summed E-state index contributed by atoms with van der Waals surface area (Å²) in [7, 11) is 0. The van der Waals surface area contributed by atoms with Crippen molar-refractivity contribution in [1.29, 1.82) is 0 Å². The molecule has 0 radical (unpaired) electrons. The quantitative estimate of drug-likeness (QED) is 0.199. The van der Waals surface area contributed by atoms with Gasteiger partial charge < -0.3 is 9.47 Å². The molecule has 0 heterocycles. The fourth-order valence-electron chi connectivity index (χ4n) is 3.85. The number of para-hydroxylation sites is 2. The first-order chi connectivity index (χ1) is 19.4. The third-order valence-electron chi connectivity index (χ3n) is 6.58. The molecule has 210 valence electrons. The number of rotatable bonds is 14. The lowest BCUT2D eigenvalue weighted by Gasteiger charge is -2.15. The summed E-state index contributed by atoms with van der Waals surface area (Å²) in [6, 6.07) is 22.8. The van der Waals surface area contributed by atoms with E-state index in [1.807, 2.05) is 72.8 Å². The van der Waals surface area contributed by atoms with Gasteiger partial charge >= 0.3 is 0 Å². The summed E-state index contributed by atoms with van der Waals surface area (Å²) in [5, 5.41) is 8.00. The van der Waals surface area contributed by atoms with Gasteiger partial charge in [-0.05, 0) is 59.1 Å². The highest BCUT2D eigenvalue weighted by Crippen LogP contribution is 2.29. The van der Waals surface area contributed by atoms with E-state index < -0.39 is 0 Å². The van der Waals surface area contributed by atoms with E-state index in [1.54, 1.807) is 12.4 Å². The lowest BCUT2D eigenvalue weighted by atomic mass is 9.98. The van der Waals surface area contributed by atoms with Crippen LogP contribution in [-0.2, 0) is 9.59 Å². The summed E-state index contributed by atoms with van der Waals surface area (Å²) in [5.41, 5.74) is 8.71. The van der Waals surface area contributed by atoms with Crippen molar-refractivity contribution in [2.45, 2.75) is 52.4 Å². The topological polar surface area (TPSA) is 101 Å². The number of hydrazone groups is 2. The molecule has 0 spiro atoms. The van der Waals surface area contributed by atoms with Crippen molar-refractivity contribution in [3.05, 3.63) is 95.1 Å². The maximum atomic E-state index is 12.2. The van der Waals surface area contributed by atoms with Gasteiger partial charge in [-0.1, -0.05) is 88.4 Å². The second-order valence-electron chi connectivity index (χ2n) is 9.52. The van der Waals surface area contributed by atoms with Crippen LogP contribution in [0.2, 0.25) is 0 Å². The molecule has 0 aliphatic carbocycles. The van der Waals surface area contributed by atoms with Crippen LogP contribution in [0.5, 0.6) is 11.5 Å².